The van der Waals surface area contributed by atoms with Crippen molar-refractivity contribution < 1.29 is 32.2 Å². The molecule has 7 nitrogen and oxygen atoms in total. The van der Waals surface area contributed by atoms with Crippen molar-refractivity contribution in [2.75, 3.05) is 11.6 Å². The minimum Gasteiger partial charge on any atom is -0.612 e. The second-order valence-corrected chi connectivity index (χ2v) is 12.4. The number of nitrogens with zero attached hydrogens (tertiary/aromatic N) is 1. The Morgan fingerprint density at radius 1 is 1.10 bits per heavy atom. The third kappa shape index (κ3) is 6.38. The van der Waals surface area contributed by atoms with E-state index in [1.807, 2.05) is 22.6 Å². The summed E-state index contributed by atoms with van der Waals surface area (Å²) < 4.78 is 55.8. The Morgan fingerprint density at radius 3 is 2.37 bits per heavy atom. The number of amides is 2. The number of hydrogen-bond acceptors (Lipinski definition) is 5. The van der Waals surface area contributed by atoms with E-state index in [-0.39, 0.29) is 34.1 Å². The molecule has 3 aromatic carbocycles. The molecule has 2 unspecified atom stereocenters. The number of anilines is 1. The molecule has 1 aliphatic rings. The number of hydrogen-bond donors (Lipinski definition) is 2. The highest BCUT2D eigenvalue weighted by Gasteiger charge is 2.62. The van der Waals surface area contributed by atoms with Crippen molar-refractivity contribution in [3.63, 3.8) is 0 Å². The summed E-state index contributed by atoms with van der Waals surface area (Å²) in [5, 5.41) is 9.29. The molecule has 0 spiro atoms. The monoisotopic (exact) mass is 697 g/mol. The summed E-state index contributed by atoms with van der Waals surface area (Å²) in [4.78, 5) is 31.7. The SMILES string of the molecule is Cc1cc(C2(C(F)(F)F)CC(c3ccc([S+](C)[O-])cc3)=NO2)ccc1NC(=O)c1cccc(I)c1C(=O)NC(C)C. The molecule has 0 fully saturated rings. The number of rotatable bonds is 7. The van der Waals surface area contributed by atoms with Crippen molar-refractivity contribution in [1.82, 2.24) is 5.32 Å². The van der Waals surface area contributed by atoms with E-state index >= 15 is 0 Å². The van der Waals surface area contributed by atoms with Gasteiger partial charge in [0.2, 0.25) is 0 Å². The van der Waals surface area contributed by atoms with Gasteiger partial charge in [-0.2, -0.15) is 13.2 Å². The van der Waals surface area contributed by atoms with E-state index in [9.17, 15) is 27.3 Å². The van der Waals surface area contributed by atoms with Crippen LogP contribution in [-0.4, -0.2) is 40.6 Å². The molecule has 0 bridgehead atoms. The van der Waals surface area contributed by atoms with E-state index in [1.54, 1.807) is 57.2 Å². The van der Waals surface area contributed by atoms with E-state index in [0.29, 0.717) is 19.6 Å². The number of oxime groups is 1. The van der Waals surface area contributed by atoms with E-state index in [1.165, 1.54) is 30.5 Å². The minimum absolute atomic E-state index is 0.108. The lowest BCUT2D eigenvalue weighted by atomic mass is 9.85. The Morgan fingerprint density at radius 2 is 1.78 bits per heavy atom. The van der Waals surface area contributed by atoms with Gasteiger partial charge < -0.3 is 20.0 Å². The first-order chi connectivity index (χ1) is 19.2. The minimum atomic E-state index is -4.81. The first-order valence-electron chi connectivity index (χ1n) is 12.5. The molecule has 41 heavy (non-hydrogen) atoms. The molecule has 0 aromatic heterocycles. The molecule has 0 aliphatic carbocycles. The summed E-state index contributed by atoms with van der Waals surface area (Å²) >= 11 is 0.750. The lowest BCUT2D eigenvalue weighted by Crippen LogP contribution is -2.42. The van der Waals surface area contributed by atoms with Gasteiger partial charge in [-0.05, 0) is 114 Å². The third-order valence-corrected chi connectivity index (χ3v) is 8.39. The molecule has 4 rings (SSSR count). The molecule has 3 aromatic rings. The Balaban J connectivity index is 1.61. The molecule has 216 valence electrons. The van der Waals surface area contributed by atoms with Gasteiger partial charge in [0.05, 0.1) is 16.8 Å². The number of carbonyl (C=O) groups is 2. The van der Waals surface area contributed by atoms with Crippen LogP contribution < -0.4 is 10.6 Å². The average Bonchev–Trinajstić information content (AvgIpc) is 3.36. The van der Waals surface area contributed by atoms with Gasteiger partial charge in [0.25, 0.3) is 17.4 Å². The van der Waals surface area contributed by atoms with Gasteiger partial charge in [-0.1, -0.05) is 17.3 Å². The molecule has 1 aliphatic heterocycles. The van der Waals surface area contributed by atoms with Crippen LogP contribution in [0.1, 0.15) is 57.7 Å². The average molecular weight is 698 g/mol. The smallest absolute Gasteiger partial charge is 0.435 e. The van der Waals surface area contributed by atoms with E-state index in [0.717, 1.165) is 0 Å². The summed E-state index contributed by atoms with van der Waals surface area (Å²) in [6.07, 6.45) is -3.86. The number of carbonyl (C=O) groups excluding carboxylic acids is 2. The number of aryl methyl sites for hydroxylation is 1. The van der Waals surface area contributed by atoms with Crippen molar-refractivity contribution in [3.05, 3.63) is 92.1 Å². The van der Waals surface area contributed by atoms with Crippen molar-refractivity contribution in [2.45, 2.75) is 49.9 Å². The molecule has 12 heteroatoms. The number of nitrogens with one attached hydrogen (secondary N) is 2. The van der Waals surface area contributed by atoms with Gasteiger partial charge in [0, 0.05) is 27.3 Å². The number of benzene rings is 3. The highest BCUT2D eigenvalue weighted by molar-refractivity contribution is 14.1. The summed E-state index contributed by atoms with van der Waals surface area (Å²) in [7, 11) is 0. The highest BCUT2D eigenvalue weighted by atomic mass is 127. The van der Waals surface area contributed by atoms with Crippen molar-refractivity contribution in [1.29, 1.82) is 0 Å². The number of halogens is 4. The predicted octanol–water partition coefficient (Wildman–Crippen LogP) is 6.31. The van der Waals surface area contributed by atoms with Crippen LogP contribution in [0.4, 0.5) is 18.9 Å². The van der Waals surface area contributed by atoms with Gasteiger partial charge in [-0.3, -0.25) is 9.59 Å². The highest BCUT2D eigenvalue weighted by Crippen LogP contribution is 2.49. The maximum atomic E-state index is 14.5. The van der Waals surface area contributed by atoms with Crippen LogP contribution in [0.2, 0.25) is 0 Å². The molecule has 1 heterocycles. The molecular weight excluding hydrogens is 670 g/mol. The fourth-order valence-electron chi connectivity index (χ4n) is 4.42. The molecule has 2 atom stereocenters. The quantitative estimate of drug-likeness (QED) is 0.223. The van der Waals surface area contributed by atoms with Gasteiger partial charge >= 0.3 is 6.18 Å². The lowest BCUT2D eigenvalue weighted by molar-refractivity contribution is -0.275. The fraction of sp³-hybridized carbons (Fsp3) is 0.276. The normalized spacial score (nSPS) is 17.6. The fourth-order valence-corrected chi connectivity index (χ4v) is 5.68. The van der Waals surface area contributed by atoms with Crippen LogP contribution >= 0.6 is 22.6 Å². The molecule has 2 amide bonds. The van der Waals surface area contributed by atoms with Crippen LogP contribution in [0.5, 0.6) is 0 Å². The van der Waals surface area contributed by atoms with Crippen LogP contribution in [0.15, 0.2) is 70.7 Å². The van der Waals surface area contributed by atoms with Gasteiger partial charge in [0.1, 0.15) is 6.26 Å². The zero-order chi connectivity index (χ0) is 30.1. The molecule has 0 radical (unpaired) electrons. The molecule has 0 saturated carbocycles. The van der Waals surface area contributed by atoms with Crippen LogP contribution in [0.25, 0.3) is 0 Å². The molecule has 2 N–H and O–H groups in total. The van der Waals surface area contributed by atoms with Crippen molar-refractivity contribution >= 4 is 57.0 Å². The Hall–Kier alpha value is -3.10. The van der Waals surface area contributed by atoms with Crippen LogP contribution in [0.3, 0.4) is 0 Å². The Bertz CT molecular complexity index is 1510. The lowest BCUT2D eigenvalue weighted by Gasteiger charge is -2.30. The summed E-state index contributed by atoms with van der Waals surface area (Å²) in [6, 6.07) is 15.0. The summed E-state index contributed by atoms with van der Waals surface area (Å²) in [6.45, 7) is 5.18. The van der Waals surface area contributed by atoms with Crippen molar-refractivity contribution in [3.8, 4) is 0 Å². The first kappa shape index (κ1) is 30.8. The van der Waals surface area contributed by atoms with E-state index in [2.05, 4.69) is 15.8 Å². The zero-order valence-electron chi connectivity index (χ0n) is 22.6. The van der Waals surface area contributed by atoms with Gasteiger partial charge in [0.15, 0.2) is 4.90 Å². The van der Waals surface area contributed by atoms with Gasteiger partial charge in [-0.15, -0.1) is 0 Å². The maximum absolute atomic E-state index is 14.5. The predicted molar refractivity (Wildman–Crippen MR) is 160 cm³/mol. The van der Waals surface area contributed by atoms with Crippen LogP contribution in [-0.2, 0) is 21.6 Å². The second kappa shape index (κ2) is 12.0. The van der Waals surface area contributed by atoms with E-state index < -0.39 is 41.2 Å². The zero-order valence-corrected chi connectivity index (χ0v) is 25.5. The summed E-state index contributed by atoms with van der Waals surface area (Å²) in [5.41, 5.74) is -1.35. The second-order valence-electron chi connectivity index (χ2n) is 9.88. The van der Waals surface area contributed by atoms with Crippen molar-refractivity contribution in [2.24, 2.45) is 5.16 Å². The first-order valence-corrected chi connectivity index (χ1v) is 15.1. The topological polar surface area (TPSA) is 103 Å². The van der Waals surface area contributed by atoms with E-state index in [4.69, 9.17) is 4.84 Å². The molecule has 0 saturated heterocycles. The molecular formula is C29H27F3IN3O4S. The summed E-state index contributed by atoms with van der Waals surface area (Å²) in [5.74, 6) is -0.973. The maximum Gasteiger partial charge on any atom is 0.435 e. The Kier molecular flexibility index (Phi) is 9.04. The van der Waals surface area contributed by atoms with Gasteiger partial charge in [-0.25, -0.2) is 0 Å². The third-order valence-electron chi connectivity index (χ3n) is 6.55. The standard InChI is InChI=1S/C29H27F3IN3O4S/c1-16(2)34-27(38)25-21(6-5-7-22(25)33)26(37)35-23-13-10-19(14-17(23)3)28(29(30,31)32)15-24(36-40-28)18-8-11-20(12-9-18)41(4)39/h5-14,16H,15H2,1-4H3,(H,34,38)(H,35,37). The largest absolute Gasteiger partial charge is 0.612 e. The Labute approximate surface area is 252 Å². The van der Waals surface area contributed by atoms with Crippen LogP contribution in [0, 0.1) is 10.5 Å². The number of alkyl halides is 3.